The van der Waals surface area contributed by atoms with Crippen LogP contribution in [0.25, 0.3) is 16.5 Å². The summed E-state index contributed by atoms with van der Waals surface area (Å²) < 4.78 is 43.4. The van der Waals surface area contributed by atoms with Gasteiger partial charge in [-0.05, 0) is 62.7 Å². The topological polar surface area (TPSA) is 92.5 Å². The second kappa shape index (κ2) is 8.78. The van der Waals surface area contributed by atoms with Crippen LogP contribution in [-0.4, -0.2) is 22.9 Å². The minimum Gasteiger partial charge on any atom is -0.444 e. The number of anilines is 1. The van der Waals surface area contributed by atoms with Gasteiger partial charge in [-0.15, -0.1) is 0 Å². The third-order valence-corrected chi connectivity index (χ3v) is 4.38. The van der Waals surface area contributed by atoms with Crippen molar-refractivity contribution in [1.82, 2.24) is 4.98 Å². The Morgan fingerprint density at radius 1 is 1.12 bits per heavy atom. The highest BCUT2D eigenvalue weighted by Crippen LogP contribution is 2.31. The average Bonchev–Trinajstić information content (AvgIpc) is 3.09. The first-order chi connectivity index (χ1) is 15.0. The normalized spacial score (nSPS) is 13.0. The second-order valence-corrected chi connectivity index (χ2v) is 8.01. The molecule has 168 valence electrons. The average molecular weight is 444 g/mol. The number of nitrogens with two attached hydrogens (primary N) is 1. The SMILES string of the molecule is CC(C)(C)OC(=O)Nc1c[nH]c2ccc(C(C=Nc3ccc(C(F)(F)F)cc3)=CN)cc12. The van der Waals surface area contributed by atoms with Gasteiger partial charge >= 0.3 is 12.3 Å². The van der Waals surface area contributed by atoms with Gasteiger partial charge in [-0.3, -0.25) is 10.3 Å². The van der Waals surface area contributed by atoms with Crippen LogP contribution < -0.4 is 11.1 Å². The molecule has 0 spiro atoms. The van der Waals surface area contributed by atoms with Crippen LogP contribution in [0, 0.1) is 0 Å². The van der Waals surface area contributed by atoms with Crippen molar-refractivity contribution in [2.24, 2.45) is 10.7 Å². The molecule has 6 nitrogen and oxygen atoms in total. The van der Waals surface area contributed by atoms with Crippen LogP contribution in [0.1, 0.15) is 31.9 Å². The van der Waals surface area contributed by atoms with Crippen molar-refractivity contribution in [3.63, 3.8) is 0 Å². The van der Waals surface area contributed by atoms with Gasteiger partial charge in [0.1, 0.15) is 5.60 Å². The summed E-state index contributed by atoms with van der Waals surface area (Å²) in [4.78, 5) is 19.4. The summed E-state index contributed by atoms with van der Waals surface area (Å²) in [5, 5.41) is 3.44. The van der Waals surface area contributed by atoms with Crippen LogP contribution in [0.5, 0.6) is 0 Å². The first-order valence-electron chi connectivity index (χ1n) is 9.71. The Bertz CT molecular complexity index is 1170. The summed E-state index contributed by atoms with van der Waals surface area (Å²) in [5.74, 6) is 0. The van der Waals surface area contributed by atoms with E-state index in [0.717, 1.165) is 23.0 Å². The van der Waals surface area contributed by atoms with Crippen LogP contribution in [0.15, 0.2) is 59.9 Å². The zero-order valence-corrected chi connectivity index (χ0v) is 17.7. The number of alkyl halides is 3. The molecule has 0 aliphatic rings. The minimum absolute atomic E-state index is 0.354. The zero-order chi connectivity index (χ0) is 23.5. The smallest absolute Gasteiger partial charge is 0.416 e. The van der Waals surface area contributed by atoms with Crippen molar-refractivity contribution < 1.29 is 22.7 Å². The molecule has 0 fully saturated rings. The summed E-state index contributed by atoms with van der Waals surface area (Å²) in [6.07, 6.45) is -0.510. The number of rotatable bonds is 4. The zero-order valence-electron chi connectivity index (χ0n) is 17.7. The number of halogens is 3. The van der Waals surface area contributed by atoms with E-state index >= 15 is 0 Å². The monoisotopic (exact) mass is 444 g/mol. The number of allylic oxidation sites excluding steroid dienone is 1. The highest BCUT2D eigenvalue weighted by molar-refractivity contribution is 6.12. The Morgan fingerprint density at radius 2 is 1.81 bits per heavy atom. The van der Waals surface area contributed by atoms with Gasteiger partial charge in [0.15, 0.2) is 0 Å². The lowest BCUT2D eigenvalue weighted by molar-refractivity contribution is -0.137. The largest absolute Gasteiger partial charge is 0.444 e. The number of hydrogen-bond acceptors (Lipinski definition) is 4. The number of carbonyl (C=O) groups excluding carboxylic acids is 1. The number of aromatic amines is 1. The van der Waals surface area contributed by atoms with Crippen molar-refractivity contribution in [1.29, 1.82) is 0 Å². The van der Waals surface area contributed by atoms with Gasteiger partial charge in [0, 0.05) is 35.1 Å². The molecule has 0 aliphatic heterocycles. The fourth-order valence-electron chi connectivity index (χ4n) is 2.91. The van der Waals surface area contributed by atoms with Gasteiger partial charge in [0.25, 0.3) is 0 Å². The van der Waals surface area contributed by atoms with Gasteiger partial charge in [0.05, 0.1) is 16.9 Å². The van der Waals surface area contributed by atoms with E-state index in [1.807, 2.05) is 18.2 Å². The summed E-state index contributed by atoms with van der Waals surface area (Å²) in [6.45, 7) is 5.32. The Hall–Kier alpha value is -3.75. The van der Waals surface area contributed by atoms with Crippen molar-refractivity contribution >= 4 is 40.2 Å². The molecule has 0 saturated heterocycles. The third-order valence-electron chi connectivity index (χ3n) is 4.38. The van der Waals surface area contributed by atoms with Crippen LogP contribution >= 0.6 is 0 Å². The van der Waals surface area contributed by atoms with E-state index in [9.17, 15) is 18.0 Å². The molecular weight excluding hydrogens is 421 g/mol. The van der Waals surface area contributed by atoms with Crippen molar-refractivity contribution in [3.05, 3.63) is 66.0 Å². The van der Waals surface area contributed by atoms with E-state index in [2.05, 4.69) is 15.3 Å². The number of ether oxygens (including phenoxy) is 1. The molecule has 0 bridgehead atoms. The van der Waals surface area contributed by atoms with Crippen LogP contribution in [0.3, 0.4) is 0 Å². The van der Waals surface area contributed by atoms with E-state index in [1.165, 1.54) is 24.5 Å². The molecular formula is C23H23F3N4O2. The maximum atomic E-state index is 12.7. The number of aliphatic imine (C=N–C) groups is 1. The number of aromatic nitrogens is 1. The Labute approximate surface area is 183 Å². The number of nitrogens with one attached hydrogen (secondary N) is 2. The van der Waals surface area contributed by atoms with Gasteiger partial charge in [-0.2, -0.15) is 13.2 Å². The molecule has 9 heteroatoms. The quantitative estimate of drug-likeness (QED) is 0.416. The van der Waals surface area contributed by atoms with E-state index in [0.29, 0.717) is 22.5 Å². The lowest BCUT2D eigenvalue weighted by Gasteiger charge is -2.19. The summed E-state index contributed by atoms with van der Waals surface area (Å²) in [7, 11) is 0. The molecule has 0 atom stereocenters. The maximum Gasteiger partial charge on any atom is 0.416 e. The summed E-state index contributed by atoms with van der Waals surface area (Å²) in [6, 6.07) is 9.96. The van der Waals surface area contributed by atoms with Gasteiger partial charge in [-0.25, -0.2) is 4.79 Å². The molecule has 0 unspecified atom stereocenters. The predicted molar refractivity (Wildman–Crippen MR) is 120 cm³/mol. The van der Waals surface area contributed by atoms with Crippen molar-refractivity contribution in [3.8, 4) is 0 Å². The molecule has 1 heterocycles. The standard InChI is InChI=1S/C23H23F3N4O2/c1-22(2,3)32-21(31)30-20-13-29-19-9-4-14(10-18(19)20)15(11-27)12-28-17-7-5-16(6-8-17)23(24,25)26/h4-13,29H,27H2,1-3H3,(H,30,31). The van der Waals surface area contributed by atoms with Crippen LogP contribution in [-0.2, 0) is 10.9 Å². The maximum absolute atomic E-state index is 12.7. The number of carbonyl (C=O) groups is 1. The van der Waals surface area contributed by atoms with Gasteiger partial charge < -0.3 is 15.5 Å². The molecule has 0 saturated carbocycles. The van der Waals surface area contributed by atoms with Crippen molar-refractivity contribution in [2.45, 2.75) is 32.5 Å². The number of fused-ring (bicyclic) bond motifs is 1. The van der Waals surface area contributed by atoms with Crippen LogP contribution in [0.2, 0.25) is 0 Å². The molecule has 2 aromatic carbocycles. The predicted octanol–water partition coefficient (Wildman–Crippen LogP) is 6.24. The molecule has 0 radical (unpaired) electrons. The molecule has 1 amide bonds. The Kier molecular flexibility index (Phi) is 6.29. The molecule has 3 rings (SSSR count). The first-order valence-corrected chi connectivity index (χ1v) is 9.71. The van der Waals surface area contributed by atoms with E-state index in [1.54, 1.807) is 27.0 Å². The van der Waals surface area contributed by atoms with Crippen molar-refractivity contribution in [2.75, 3.05) is 5.32 Å². The Balaban J connectivity index is 1.82. The van der Waals surface area contributed by atoms with Crippen LogP contribution in [0.4, 0.5) is 29.3 Å². The minimum atomic E-state index is -4.40. The molecule has 3 aromatic rings. The molecule has 0 aliphatic carbocycles. The van der Waals surface area contributed by atoms with Gasteiger partial charge in [0.2, 0.25) is 0 Å². The number of hydrogen-bond donors (Lipinski definition) is 3. The summed E-state index contributed by atoms with van der Waals surface area (Å²) >= 11 is 0. The first kappa shape index (κ1) is 22.9. The van der Waals surface area contributed by atoms with Gasteiger partial charge in [-0.1, -0.05) is 6.07 Å². The number of amides is 1. The molecule has 32 heavy (non-hydrogen) atoms. The number of H-pyrrole nitrogens is 1. The molecule has 1 aromatic heterocycles. The second-order valence-electron chi connectivity index (χ2n) is 8.01. The third kappa shape index (κ3) is 5.69. The summed E-state index contributed by atoms with van der Waals surface area (Å²) in [5.41, 5.74) is 7.32. The number of nitrogens with zero attached hydrogens (tertiary/aromatic N) is 1. The number of benzene rings is 2. The lowest BCUT2D eigenvalue weighted by atomic mass is 10.1. The highest BCUT2D eigenvalue weighted by Gasteiger charge is 2.29. The van der Waals surface area contributed by atoms with E-state index in [-0.39, 0.29) is 0 Å². The highest BCUT2D eigenvalue weighted by atomic mass is 19.4. The lowest BCUT2D eigenvalue weighted by Crippen LogP contribution is -2.27. The fraction of sp³-hybridized carbons (Fsp3) is 0.217. The fourth-order valence-corrected chi connectivity index (χ4v) is 2.91. The molecule has 4 N–H and O–H groups in total. The van der Waals surface area contributed by atoms with E-state index < -0.39 is 23.4 Å². The van der Waals surface area contributed by atoms with E-state index in [4.69, 9.17) is 10.5 Å². The Morgan fingerprint density at radius 3 is 2.41 bits per heavy atom.